The second-order valence-corrected chi connectivity index (χ2v) is 4.73. The number of nitrogens with zero attached hydrogens (tertiary/aromatic N) is 2. The predicted octanol–water partition coefficient (Wildman–Crippen LogP) is 3.21. The van der Waals surface area contributed by atoms with E-state index in [1.54, 1.807) is 6.07 Å². The summed E-state index contributed by atoms with van der Waals surface area (Å²) in [4.78, 5) is 8.10. The molecule has 1 saturated carbocycles. The molecule has 1 aromatic rings. The van der Waals surface area contributed by atoms with Crippen molar-refractivity contribution in [1.82, 2.24) is 9.97 Å². The van der Waals surface area contributed by atoms with Crippen molar-refractivity contribution in [2.24, 2.45) is 0 Å². The minimum absolute atomic E-state index is 0.200. The quantitative estimate of drug-likeness (QED) is 0.906. The van der Waals surface area contributed by atoms with Crippen LogP contribution in [-0.4, -0.2) is 16.1 Å². The van der Waals surface area contributed by atoms with E-state index in [0.717, 1.165) is 31.4 Å². The van der Waals surface area contributed by atoms with Gasteiger partial charge in [-0.05, 0) is 12.8 Å². The standard InChI is InChI=1S/C12H16F3N3/c13-12(14,15)6-5-11-17-9(7-10(16)18-11)8-3-1-2-4-8/h7-8H,1-6H2,(H2,16,17,18). The Morgan fingerprint density at radius 3 is 2.50 bits per heavy atom. The lowest BCUT2D eigenvalue weighted by Crippen LogP contribution is -2.12. The number of anilines is 1. The summed E-state index contributed by atoms with van der Waals surface area (Å²) < 4.78 is 36.5. The fraction of sp³-hybridized carbons (Fsp3) is 0.667. The van der Waals surface area contributed by atoms with E-state index in [2.05, 4.69) is 9.97 Å². The summed E-state index contributed by atoms with van der Waals surface area (Å²) in [5.74, 6) is 0.804. The summed E-state index contributed by atoms with van der Waals surface area (Å²) in [6, 6.07) is 1.69. The van der Waals surface area contributed by atoms with Gasteiger partial charge in [0.1, 0.15) is 11.6 Å². The summed E-state index contributed by atoms with van der Waals surface area (Å²) in [5.41, 5.74) is 6.44. The highest BCUT2D eigenvalue weighted by Gasteiger charge is 2.27. The molecule has 1 heterocycles. The largest absolute Gasteiger partial charge is 0.389 e. The number of aromatic nitrogens is 2. The third-order valence-corrected chi connectivity index (χ3v) is 3.22. The molecule has 1 aliphatic rings. The van der Waals surface area contributed by atoms with E-state index >= 15 is 0 Å². The Kier molecular flexibility index (Phi) is 3.73. The Hall–Kier alpha value is -1.33. The van der Waals surface area contributed by atoms with Crippen molar-refractivity contribution < 1.29 is 13.2 Å². The highest BCUT2D eigenvalue weighted by molar-refractivity contribution is 5.31. The molecular formula is C12H16F3N3. The van der Waals surface area contributed by atoms with Crippen LogP contribution in [0, 0.1) is 0 Å². The van der Waals surface area contributed by atoms with Crippen molar-refractivity contribution in [3.8, 4) is 0 Å². The smallest absolute Gasteiger partial charge is 0.384 e. The second kappa shape index (κ2) is 5.12. The Bertz CT molecular complexity index is 412. The average molecular weight is 259 g/mol. The average Bonchev–Trinajstić information content (AvgIpc) is 2.78. The minimum atomic E-state index is -4.18. The number of nitrogens with two attached hydrogens (primary N) is 1. The highest BCUT2D eigenvalue weighted by Crippen LogP contribution is 2.33. The Morgan fingerprint density at radius 2 is 1.89 bits per heavy atom. The molecule has 0 unspecified atom stereocenters. The molecule has 18 heavy (non-hydrogen) atoms. The topological polar surface area (TPSA) is 51.8 Å². The van der Waals surface area contributed by atoms with E-state index in [9.17, 15) is 13.2 Å². The number of aryl methyl sites for hydroxylation is 1. The molecule has 0 atom stereocenters. The van der Waals surface area contributed by atoms with Gasteiger partial charge >= 0.3 is 6.18 Å². The molecule has 2 rings (SSSR count). The molecule has 0 spiro atoms. The molecule has 3 nitrogen and oxygen atoms in total. The first-order chi connectivity index (χ1) is 8.44. The van der Waals surface area contributed by atoms with Gasteiger partial charge in [0, 0.05) is 24.1 Å². The molecule has 2 N–H and O–H groups in total. The Labute approximate surface area is 104 Å². The monoisotopic (exact) mass is 259 g/mol. The van der Waals surface area contributed by atoms with Crippen molar-refractivity contribution in [2.45, 2.75) is 50.6 Å². The molecule has 1 aromatic heterocycles. The third kappa shape index (κ3) is 3.58. The van der Waals surface area contributed by atoms with Crippen LogP contribution in [0.4, 0.5) is 19.0 Å². The van der Waals surface area contributed by atoms with Gasteiger partial charge in [-0.2, -0.15) is 13.2 Å². The van der Waals surface area contributed by atoms with E-state index in [-0.39, 0.29) is 18.1 Å². The predicted molar refractivity (Wildman–Crippen MR) is 62.0 cm³/mol. The molecule has 100 valence electrons. The molecule has 0 saturated heterocycles. The number of rotatable bonds is 3. The van der Waals surface area contributed by atoms with Crippen molar-refractivity contribution in [3.05, 3.63) is 17.6 Å². The third-order valence-electron chi connectivity index (χ3n) is 3.22. The van der Waals surface area contributed by atoms with Crippen molar-refractivity contribution in [1.29, 1.82) is 0 Å². The van der Waals surface area contributed by atoms with Crippen LogP contribution in [0.5, 0.6) is 0 Å². The number of hydrogen-bond acceptors (Lipinski definition) is 3. The van der Waals surface area contributed by atoms with E-state index < -0.39 is 12.6 Å². The van der Waals surface area contributed by atoms with E-state index in [1.807, 2.05) is 0 Å². The van der Waals surface area contributed by atoms with Gasteiger partial charge in [-0.3, -0.25) is 0 Å². The summed E-state index contributed by atoms with van der Waals surface area (Å²) in [5, 5.41) is 0. The van der Waals surface area contributed by atoms with Crippen LogP contribution >= 0.6 is 0 Å². The summed E-state index contributed by atoms with van der Waals surface area (Å²) in [6.07, 6.45) is -0.917. The lowest BCUT2D eigenvalue weighted by atomic mass is 10.0. The molecule has 0 radical (unpaired) electrons. The molecule has 1 fully saturated rings. The minimum Gasteiger partial charge on any atom is -0.384 e. The molecule has 0 bridgehead atoms. The van der Waals surface area contributed by atoms with Crippen LogP contribution in [0.25, 0.3) is 0 Å². The molecular weight excluding hydrogens is 243 g/mol. The highest BCUT2D eigenvalue weighted by atomic mass is 19.4. The van der Waals surface area contributed by atoms with Crippen LogP contribution in [0.1, 0.15) is 49.5 Å². The zero-order chi connectivity index (χ0) is 13.2. The van der Waals surface area contributed by atoms with Gasteiger partial charge in [-0.1, -0.05) is 12.8 Å². The van der Waals surface area contributed by atoms with Crippen molar-refractivity contribution >= 4 is 5.82 Å². The van der Waals surface area contributed by atoms with E-state index in [4.69, 9.17) is 5.73 Å². The zero-order valence-corrected chi connectivity index (χ0v) is 10.0. The second-order valence-electron chi connectivity index (χ2n) is 4.73. The lowest BCUT2D eigenvalue weighted by Gasteiger charge is -2.11. The molecule has 0 aliphatic heterocycles. The summed E-state index contributed by atoms with van der Waals surface area (Å²) in [7, 11) is 0. The fourth-order valence-corrected chi connectivity index (χ4v) is 2.34. The first-order valence-electron chi connectivity index (χ1n) is 6.14. The van der Waals surface area contributed by atoms with Gasteiger partial charge in [0.15, 0.2) is 0 Å². The maximum absolute atomic E-state index is 12.2. The molecule has 6 heteroatoms. The van der Waals surface area contributed by atoms with Crippen molar-refractivity contribution in [2.75, 3.05) is 5.73 Å². The first-order valence-corrected chi connectivity index (χ1v) is 6.14. The van der Waals surface area contributed by atoms with Gasteiger partial charge in [0.2, 0.25) is 0 Å². The van der Waals surface area contributed by atoms with Gasteiger partial charge < -0.3 is 5.73 Å². The Morgan fingerprint density at radius 1 is 1.22 bits per heavy atom. The Balaban J connectivity index is 2.10. The van der Waals surface area contributed by atoms with E-state index in [0.29, 0.717) is 5.92 Å². The van der Waals surface area contributed by atoms with Gasteiger partial charge in [0.05, 0.1) is 6.42 Å². The normalized spacial score (nSPS) is 17.3. The van der Waals surface area contributed by atoms with Crippen LogP contribution < -0.4 is 5.73 Å². The fourth-order valence-electron chi connectivity index (χ4n) is 2.34. The molecule has 0 aromatic carbocycles. The van der Waals surface area contributed by atoms with Gasteiger partial charge in [-0.25, -0.2) is 9.97 Å². The number of halogens is 3. The zero-order valence-electron chi connectivity index (χ0n) is 10.0. The molecule has 1 aliphatic carbocycles. The lowest BCUT2D eigenvalue weighted by molar-refractivity contribution is -0.134. The van der Waals surface area contributed by atoms with Crippen LogP contribution in [0.3, 0.4) is 0 Å². The van der Waals surface area contributed by atoms with E-state index in [1.165, 1.54) is 0 Å². The maximum atomic E-state index is 12.2. The summed E-state index contributed by atoms with van der Waals surface area (Å²) >= 11 is 0. The number of nitrogen functional groups attached to an aromatic ring is 1. The van der Waals surface area contributed by atoms with Crippen LogP contribution in [-0.2, 0) is 6.42 Å². The van der Waals surface area contributed by atoms with Gasteiger partial charge in [-0.15, -0.1) is 0 Å². The summed E-state index contributed by atoms with van der Waals surface area (Å²) in [6.45, 7) is 0. The van der Waals surface area contributed by atoms with Crippen LogP contribution in [0.2, 0.25) is 0 Å². The van der Waals surface area contributed by atoms with Crippen molar-refractivity contribution in [3.63, 3.8) is 0 Å². The first kappa shape index (κ1) is 13.1. The molecule has 0 amide bonds. The SMILES string of the molecule is Nc1cc(C2CCCC2)nc(CCC(F)(F)F)n1. The van der Waals surface area contributed by atoms with Gasteiger partial charge in [0.25, 0.3) is 0 Å². The maximum Gasteiger partial charge on any atom is 0.389 e. The number of alkyl halides is 3. The number of hydrogen-bond donors (Lipinski definition) is 1. The van der Waals surface area contributed by atoms with Crippen LogP contribution in [0.15, 0.2) is 6.07 Å².